The van der Waals surface area contributed by atoms with Crippen LogP contribution in [0.4, 0.5) is 4.39 Å². The summed E-state index contributed by atoms with van der Waals surface area (Å²) in [5.74, 6) is -0.172. The van der Waals surface area contributed by atoms with Gasteiger partial charge in [0.25, 0.3) is 0 Å². The van der Waals surface area contributed by atoms with Crippen LogP contribution in [0.3, 0.4) is 0 Å². The van der Waals surface area contributed by atoms with Crippen molar-refractivity contribution in [3.63, 3.8) is 0 Å². The highest BCUT2D eigenvalue weighted by atomic mass is 19.1. The topological polar surface area (TPSA) is 12.0 Å². The number of nitrogens with one attached hydrogen (secondary N) is 1. The van der Waals surface area contributed by atoms with Gasteiger partial charge in [0.15, 0.2) is 0 Å². The molecule has 0 radical (unpaired) electrons. The third-order valence-corrected chi connectivity index (χ3v) is 2.44. The Balaban J connectivity index is 2.11. The summed E-state index contributed by atoms with van der Waals surface area (Å²) in [7, 11) is 0. The van der Waals surface area contributed by atoms with Crippen molar-refractivity contribution in [2.75, 3.05) is 13.1 Å². The van der Waals surface area contributed by atoms with E-state index in [4.69, 9.17) is 0 Å². The van der Waals surface area contributed by atoms with Crippen LogP contribution in [-0.2, 0) is 0 Å². The van der Waals surface area contributed by atoms with E-state index in [2.05, 4.69) is 11.4 Å². The van der Waals surface area contributed by atoms with E-state index in [1.54, 1.807) is 0 Å². The molecule has 0 aromatic heterocycles. The minimum atomic E-state index is -0.172. The molecule has 0 bridgehead atoms. The van der Waals surface area contributed by atoms with Gasteiger partial charge in [-0.15, -0.1) is 0 Å². The second-order valence-electron chi connectivity index (χ2n) is 3.63. The van der Waals surface area contributed by atoms with Crippen molar-refractivity contribution < 1.29 is 4.39 Å². The van der Waals surface area contributed by atoms with Gasteiger partial charge in [0.1, 0.15) is 5.82 Å². The van der Waals surface area contributed by atoms with Crippen molar-refractivity contribution >= 4 is 6.08 Å². The number of piperidine rings is 1. The summed E-state index contributed by atoms with van der Waals surface area (Å²) in [6.07, 6.45) is 4.50. The number of rotatable bonds is 1. The Morgan fingerprint density at radius 3 is 2.64 bits per heavy atom. The highest BCUT2D eigenvalue weighted by Gasteiger charge is 2.03. The summed E-state index contributed by atoms with van der Waals surface area (Å²) in [5, 5.41) is 3.32. The molecule has 0 aliphatic carbocycles. The second-order valence-corrected chi connectivity index (χ2v) is 3.63. The molecule has 1 N–H and O–H groups in total. The van der Waals surface area contributed by atoms with Crippen LogP contribution in [0.2, 0.25) is 0 Å². The Kier molecular flexibility index (Phi) is 2.94. The van der Waals surface area contributed by atoms with E-state index < -0.39 is 0 Å². The molecule has 2 heteroatoms. The van der Waals surface area contributed by atoms with Crippen LogP contribution in [0.5, 0.6) is 0 Å². The summed E-state index contributed by atoms with van der Waals surface area (Å²) in [5.41, 5.74) is 2.49. The van der Waals surface area contributed by atoms with Gasteiger partial charge in [0, 0.05) is 6.54 Å². The van der Waals surface area contributed by atoms with Crippen LogP contribution in [-0.4, -0.2) is 13.1 Å². The van der Waals surface area contributed by atoms with E-state index in [1.165, 1.54) is 24.1 Å². The average molecular weight is 191 g/mol. The quantitative estimate of drug-likeness (QED) is 0.719. The Morgan fingerprint density at radius 2 is 2.00 bits per heavy atom. The zero-order chi connectivity index (χ0) is 9.80. The van der Waals surface area contributed by atoms with Gasteiger partial charge < -0.3 is 5.32 Å². The first-order chi connectivity index (χ1) is 6.84. The van der Waals surface area contributed by atoms with Gasteiger partial charge in [-0.2, -0.15) is 0 Å². The fourth-order valence-corrected chi connectivity index (χ4v) is 1.70. The lowest BCUT2D eigenvalue weighted by Gasteiger charge is -2.15. The number of benzene rings is 1. The lowest BCUT2D eigenvalue weighted by atomic mass is 10.0. The number of halogens is 1. The Bertz CT molecular complexity index is 319. The molecular formula is C12H14FN. The fourth-order valence-electron chi connectivity index (χ4n) is 1.70. The molecule has 1 aliphatic rings. The maximum Gasteiger partial charge on any atom is 0.123 e. The van der Waals surface area contributed by atoms with E-state index in [-0.39, 0.29) is 5.82 Å². The monoisotopic (exact) mass is 191 g/mol. The van der Waals surface area contributed by atoms with Crippen LogP contribution >= 0.6 is 0 Å². The summed E-state index contributed by atoms with van der Waals surface area (Å²) >= 11 is 0. The first-order valence-corrected chi connectivity index (χ1v) is 5.00. The summed E-state index contributed by atoms with van der Waals surface area (Å²) in [4.78, 5) is 0. The van der Waals surface area contributed by atoms with E-state index in [0.717, 1.165) is 25.1 Å². The molecule has 1 aliphatic heterocycles. The highest BCUT2D eigenvalue weighted by molar-refractivity contribution is 5.53. The number of hydrogen-bond acceptors (Lipinski definition) is 1. The summed E-state index contributed by atoms with van der Waals surface area (Å²) in [6, 6.07) is 6.64. The van der Waals surface area contributed by atoms with E-state index in [1.807, 2.05) is 12.1 Å². The van der Waals surface area contributed by atoms with Gasteiger partial charge in [0.05, 0.1) is 0 Å². The lowest BCUT2D eigenvalue weighted by molar-refractivity contribution is 0.613. The second kappa shape index (κ2) is 4.38. The Labute approximate surface area is 83.6 Å². The third kappa shape index (κ3) is 2.42. The van der Waals surface area contributed by atoms with Gasteiger partial charge in [-0.25, -0.2) is 4.39 Å². The molecule has 1 aromatic carbocycles. The molecular weight excluding hydrogens is 177 g/mol. The van der Waals surface area contributed by atoms with Crippen molar-refractivity contribution in [1.82, 2.24) is 5.32 Å². The van der Waals surface area contributed by atoms with Crippen LogP contribution in [0.25, 0.3) is 6.08 Å². The highest BCUT2D eigenvalue weighted by Crippen LogP contribution is 2.14. The van der Waals surface area contributed by atoms with Crippen LogP contribution in [0, 0.1) is 5.82 Å². The lowest BCUT2D eigenvalue weighted by Crippen LogP contribution is -2.23. The normalized spacial score (nSPS) is 19.9. The zero-order valence-electron chi connectivity index (χ0n) is 8.09. The molecule has 14 heavy (non-hydrogen) atoms. The van der Waals surface area contributed by atoms with Crippen LogP contribution in [0.1, 0.15) is 18.4 Å². The average Bonchev–Trinajstić information content (AvgIpc) is 2.23. The van der Waals surface area contributed by atoms with Gasteiger partial charge in [-0.1, -0.05) is 23.8 Å². The molecule has 74 valence electrons. The SMILES string of the molecule is Fc1ccc(/C=C2/CCCNC2)cc1. The van der Waals surface area contributed by atoms with Gasteiger partial charge in [0.2, 0.25) is 0 Å². The maximum atomic E-state index is 12.6. The molecule has 1 fully saturated rings. The minimum Gasteiger partial charge on any atom is -0.313 e. The smallest absolute Gasteiger partial charge is 0.123 e. The van der Waals surface area contributed by atoms with Crippen LogP contribution < -0.4 is 5.32 Å². The minimum absolute atomic E-state index is 0.172. The molecule has 1 nitrogen and oxygen atoms in total. The maximum absolute atomic E-state index is 12.6. The Morgan fingerprint density at radius 1 is 1.21 bits per heavy atom. The Hall–Kier alpha value is -1.15. The van der Waals surface area contributed by atoms with Crippen molar-refractivity contribution in [2.45, 2.75) is 12.8 Å². The predicted molar refractivity (Wildman–Crippen MR) is 56.5 cm³/mol. The molecule has 1 saturated heterocycles. The van der Waals surface area contributed by atoms with Gasteiger partial charge in [-0.3, -0.25) is 0 Å². The molecule has 0 unspecified atom stereocenters. The van der Waals surface area contributed by atoms with Crippen molar-refractivity contribution in [2.24, 2.45) is 0 Å². The standard InChI is InChI=1S/C12H14FN/c13-12-5-3-10(4-6-12)8-11-2-1-7-14-9-11/h3-6,8,14H,1-2,7,9H2/b11-8-. The zero-order valence-corrected chi connectivity index (χ0v) is 8.09. The van der Waals surface area contributed by atoms with E-state index in [0.29, 0.717) is 0 Å². The van der Waals surface area contributed by atoms with Crippen LogP contribution in [0.15, 0.2) is 29.8 Å². The van der Waals surface area contributed by atoms with E-state index in [9.17, 15) is 4.39 Å². The molecule has 0 saturated carbocycles. The molecule has 2 rings (SSSR count). The fraction of sp³-hybridized carbons (Fsp3) is 0.333. The van der Waals surface area contributed by atoms with Gasteiger partial charge in [-0.05, 0) is 37.1 Å². The van der Waals surface area contributed by atoms with Crippen molar-refractivity contribution in [3.8, 4) is 0 Å². The number of hydrogen-bond donors (Lipinski definition) is 1. The molecule has 1 heterocycles. The third-order valence-electron chi connectivity index (χ3n) is 2.44. The first-order valence-electron chi connectivity index (χ1n) is 5.00. The summed E-state index contributed by atoms with van der Waals surface area (Å²) in [6.45, 7) is 2.08. The molecule has 0 amide bonds. The first kappa shape index (κ1) is 9.41. The van der Waals surface area contributed by atoms with Crippen molar-refractivity contribution in [3.05, 3.63) is 41.2 Å². The predicted octanol–water partition coefficient (Wildman–Crippen LogP) is 2.59. The molecule has 0 spiro atoms. The van der Waals surface area contributed by atoms with E-state index >= 15 is 0 Å². The van der Waals surface area contributed by atoms with Crippen molar-refractivity contribution in [1.29, 1.82) is 0 Å². The summed E-state index contributed by atoms with van der Waals surface area (Å²) < 4.78 is 12.6. The van der Waals surface area contributed by atoms with Gasteiger partial charge >= 0.3 is 0 Å². The largest absolute Gasteiger partial charge is 0.313 e. The molecule has 0 atom stereocenters. The molecule has 1 aromatic rings.